The van der Waals surface area contributed by atoms with Crippen LogP contribution in [-0.2, 0) is 0 Å². The molecule has 24 heavy (non-hydrogen) atoms. The van der Waals surface area contributed by atoms with Crippen molar-refractivity contribution >= 4 is 0 Å². The van der Waals surface area contributed by atoms with Gasteiger partial charge in [0, 0.05) is 24.2 Å². The zero-order valence-electron chi connectivity index (χ0n) is 14.7. The summed E-state index contributed by atoms with van der Waals surface area (Å²) in [6.45, 7) is 12.4. The van der Waals surface area contributed by atoms with Crippen LogP contribution in [0.3, 0.4) is 0 Å². The van der Waals surface area contributed by atoms with E-state index in [0.29, 0.717) is 0 Å². The first kappa shape index (κ1) is 18.2. The summed E-state index contributed by atoms with van der Waals surface area (Å²) in [5.74, 6) is 0. The van der Waals surface area contributed by atoms with Crippen LogP contribution in [0.5, 0.6) is 0 Å². The molecule has 0 aliphatic rings. The summed E-state index contributed by atoms with van der Waals surface area (Å²) in [6, 6.07) is 21.6. The molecule has 126 valence electrons. The second kappa shape index (κ2) is 9.21. The van der Waals surface area contributed by atoms with Crippen molar-refractivity contribution in [3.05, 3.63) is 97.1 Å². The highest BCUT2D eigenvalue weighted by Gasteiger charge is 2.20. The molecule has 2 rings (SSSR count). The molecule has 0 aliphatic heterocycles. The van der Waals surface area contributed by atoms with Crippen molar-refractivity contribution in [2.24, 2.45) is 0 Å². The van der Waals surface area contributed by atoms with Gasteiger partial charge >= 0.3 is 0 Å². The van der Waals surface area contributed by atoms with Gasteiger partial charge in [0.05, 0.1) is 0 Å². The molecule has 0 unspecified atom stereocenters. The van der Waals surface area contributed by atoms with E-state index in [4.69, 9.17) is 0 Å². The Labute approximate surface area is 146 Å². The maximum Gasteiger partial charge on any atom is 0.0443 e. The van der Waals surface area contributed by atoms with Crippen molar-refractivity contribution in [1.82, 2.24) is 10.6 Å². The fourth-order valence-electron chi connectivity index (χ4n) is 2.89. The third-order valence-corrected chi connectivity index (χ3v) is 4.38. The topological polar surface area (TPSA) is 24.1 Å². The molecule has 0 saturated carbocycles. The Balaban J connectivity index is 2.03. The Morgan fingerprint density at radius 3 is 1.29 bits per heavy atom. The summed E-state index contributed by atoms with van der Waals surface area (Å²) in [5, 5.41) is 7.28. The molecule has 0 saturated heterocycles. The molecular weight excluding hydrogens is 292 g/mol. The molecule has 0 aromatic heterocycles. The first-order chi connectivity index (χ1) is 11.7. The molecule has 0 radical (unpaired) electrons. The molecule has 4 atom stereocenters. The van der Waals surface area contributed by atoms with Crippen LogP contribution >= 0.6 is 0 Å². The fourth-order valence-corrected chi connectivity index (χ4v) is 2.89. The fraction of sp³-hybridized carbons (Fsp3) is 0.273. The third kappa shape index (κ3) is 4.92. The molecule has 0 bridgehead atoms. The third-order valence-electron chi connectivity index (χ3n) is 4.38. The number of rotatable bonds is 9. The Morgan fingerprint density at radius 1 is 0.667 bits per heavy atom. The molecule has 0 amide bonds. The van der Waals surface area contributed by atoms with Crippen molar-refractivity contribution in [2.75, 3.05) is 0 Å². The molecule has 0 aliphatic carbocycles. The van der Waals surface area contributed by atoms with E-state index in [0.717, 1.165) is 0 Å². The Morgan fingerprint density at radius 2 is 1.00 bits per heavy atom. The van der Waals surface area contributed by atoms with E-state index in [2.05, 4.69) is 86.2 Å². The van der Waals surface area contributed by atoms with Crippen LogP contribution in [0.4, 0.5) is 0 Å². The summed E-state index contributed by atoms with van der Waals surface area (Å²) in [7, 11) is 0. The predicted molar refractivity (Wildman–Crippen MR) is 104 cm³/mol. The van der Waals surface area contributed by atoms with Crippen LogP contribution in [0.25, 0.3) is 0 Å². The molecule has 0 heterocycles. The number of hydrogen-bond acceptors (Lipinski definition) is 2. The molecule has 2 heteroatoms. The van der Waals surface area contributed by atoms with Crippen molar-refractivity contribution in [1.29, 1.82) is 0 Å². The van der Waals surface area contributed by atoms with E-state index in [9.17, 15) is 0 Å². The molecule has 2 nitrogen and oxygen atoms in total. The van der Waals surface area contributed by atoms with Crippen molar-refractivity contribution in [3.8, 4) is 0 Å². The first-order valence-electron chi connectivity index (χ1n) is 8.52. The van der Waals surface area contributed by atoms with Gasteiger partial charge in [0.25, 0.3) is 0 Å². The lowest BCUT2D eigenvalue weighted by Crippen LogP contribution is -2.47. The Bertz CT molecular complexity index is 563. The highest BCUT2D eigenvalue weighted by Crippen LogP contribution is 2.17. The van der Waals surface area contributed by atoms with Gasteiger partial charge in [-0.1, -0.05) is 72.8 Å². The van der Waals surface area contributed by atoms with E-state index in [1.54, 1.807) is 0 Å². The molecule has 0 spiro atoms. The summed E-state index contributed by atoms with van der Waals surface area (Å²) in [4.78, 5) is 0. The second-order valence-corrected chi connectivity index (χ2v) is 6.12. The average molecular weight is 320 g/mol. The van der Waals surface area contributed by atoms with Crippen molar-refractivity contribution in [3.63, 3.8) is 0 Å². The lowest BCUT2D eigenvalue weighted by atomic mass is 10.0. The van der Waals surface area contributed by atoms with Gasteiger partial charge in [0.15, 0.2) is 0 Å². The quantitative estimate of drug-likeness (QED) is 0.649. The standard InChI is InChI=1S/C22H28N2/c1-5-21(23-17(3)19-13-9-7-10-14-19)22(6-2)24-18(4)20-15-11-8-12-16-20/h5-18,21-24H,1-2H2,3-4H3/t17-,18-,21-,22+/m0/s1. The monoisotopic (exact) mass is 320 g/mol. The van der Waals surface area contributed by atoms with Crippen molar-refractivity contribution in [2.45, 2.75) is 38.0 Å². The van der Waals surface area contributed by atoms with E-state index in [-0.39, 0.29) is 24.2 Å². The van der Waals surface area contributed by atoms with Gasteiger partial charge in [-0.05, 0) is 25.0 Å². The maximum absolute atomic E-state index is 4.01. The Hall–Kier alpha value is -2.16. The number of hydrogen-bond donors (Lipinski definition) is 2. The summed E-state index contributed by atoms with van der Waals surface area (Å²) in [5.41, 5.74) is 2.53. The zero-order valence-corrected chi connectivity index (χ0v) is 14.7. The second-order valence-electron chi connectivity index (χ2n) is 6.12. The minimum Gasteiger partial charge on any atom is -0.302 e. The molecule has 2 aromatic carbocycles. The lowest BCUT2D eigenvalue weighted by Gasteiger charge is -2.30. The van der Waals surface area contributed by atoms with Gasteiger partial charge in [-0.3, -0.25) is 0 Å². The predicted octanol–water partition coefficient (Wildman–Crippen LogP) is 4.80. The van der Waals surface area contributed by atoms with E-state index >= 15 is 0 Å². The van der Waals surface area contributed by atoms with Crippen LogP contribution in [0.2, 0.25) is 0 Å². The highest BCUT2D eigenvalue weighted by molar-refractivity contribution is 5.21. The molecular formula is C22H28N2. The van der Waals surface area contributed by atoms with Gasteiger partial charge in [-0.15, -0.1) is 13.2 Å². The first-order valence-corrected chi connectivity index (χ1v) is 8.52. The average Bonchev–Trinajstić information content (AvgIpc) is 2.65. The summed E-state index contributed by atoms with van der Waals surface area (Å²) in [6.07, 6.45) is 3.91. The lowest BCUT2D eigenvalue weighted by molar-refractivity contribution is 0.404. The molecule has 2 aromatic rings. The number of nitrogens with one attached hydrogen (secondary N) is 2. The van der Waals surface area contributed by atoms with Crippen LogP contribution in [0, 0.1) is 0 Å². The smallest absolute Gasteiger partial charge is 0.0443 e. The van der Waals surface area contributed by atoms with Crippen LogP contribution in [-0.4, -0.2) is 12.1 Å². The summed E-state index contributed by atoms with van der Waals surface area (Å²) < 4.78 is 0. The largest absolute Gasteiger partial charge is 0.302 e. The maximum atomic E-state index is 4.01. The van der Waals surface area contributed by atoms with Crippen LogP contribution in [0.1, 0.15) is 37.1 Å². The van der Waals surface area contributed by atoms with Gasteiger partial charge < -0.3 is 10.6 Å². The molecule has 2 N–H and O–H groups in total. The SMILES string of the molecule is C=C[C@H](N[C@@H](C)c1ccccc1)[C@@H](C=C)N[C@@H](C)c1ccccc1. The molecule has 0 fully saturated rings. The van der Waals surface area contributed by atoms with E-state index < -0.39 is 0 Å². The van der Waals surface area contributed by atoms with Gasteiger partial charge in [0.2, 0.25) is 0 Å². The zero-order chi connectivity index (χ0) is 17.4. The Kier molecular flexibility index (Phi) is 6.98. The van der Waals surface area contributed by atoms with E-state index in [1.807, 2.05) is 24.3 Å². The van der Waals surface area contributed by atoms with Crippen LogP contribution in [0.15, 0.2) is 86.0 Å². The number of benzene rings is 2. The normalized spacial score (nSPS) is 15.9. The van der Waals surface area contributed by atoms with Crippen molar-refractivity contribution < 1.29 is 0 Å². The van der Waals surface area contributed by atoms with Gasteiger partial charge in [-0.2, -0.15) is 0 Å². The van der Waals surface area contributed by atoms with Gasteiger partial charge in [-0.25, -0.2) is 0 Å². The van der Waals surface area contributed by atoms with Crippen LogP contribution < -0.4 is 10.6 Å². The minimum absolute atomic E-state index is 0.101. The highest BCUT2D eigenvalue weighted by atomic mass is 15.0. The van der Waals surface area contributed by atoms with Gasteiger partial charge in [0.1, 0.15) is 0 Å². The van der Waals surface area contributed by atoms with E-state index in [1.165, 1.54) is 11.1 Å². The summed E-state index contributed by atoms with van der Waals surface area (Å²) >= 11 is 0. The minimum atomic E-state index is 0.101.